The average Bonchev–Trinajstić information content (AvgIpc) is 3.16. The van der Waals surface area contributed by atoms with Crippen LogP contribution in [0, 0.1) is 31.6 Å². The van der Waals surface area contributed by atoms with Crippen molar-refractivity contribution in [2.24, 2.45) is 0 Å². The standard InChI is InChI=1S/C18H10N4O4S/c19-10-14(9-13-3-1-2-4-17(13)22(25)26)18-20-16(11-27-18)12-5-7-15(8-6-12)21(23)24/h1-9,11H. The molecule has 0 fully saturated rings. The van der Waals surface area contributed by atoms with Gasteiger partial charge in [-0.2, -0.15) is 5.26 Å². The molecule has 0 spiro atoms. The number of rotatable bonds is 5. The van der Waals surface area contributed by atoms with Gasteiger partial charge < -0.3 is 0 Å². The maximum absolute atomic E-state index is 11.1. The fourth-order valence-electron chi connectivity index (χ4n) is 2.36. The van der Waals surface area contributed by atoms with Gasteiger partial charge in [0.15, 0.2) is 0 Å². The van der Waals surface area contributed by atoms with E-state index in [1.165, 1.54) is 35.6 Å². The van der Waals surface area contributed by atoms with Gasteiger partial charge in [-0.25, -0.2) is 4.98 Å². The Labute approximate surface area is 157 Å². The number of nitro benzene ring substituents is 2. The van der Waals surface area contributed by atoms with Gasteiger partial charge in [-0.3, -0.25) is 20.2 Å². The minimum absolute atomic E-state index is 0.0248. The van der Waals surface area contributed by atoms with Crippen LogP contribution in [-0.4, -0.2) is 14.8 Å². The molecule has 0 N–H and O–H groups in total. The lowest BCUT2D eigenvalue weighted by Crippen LogP contribution is -1.91. The van der Waals surface area contributed by atoms with E-state index < -0.39 is 9.85 Å². The fraction of sp³-hybridized carbons (Fsp3) is 0. The molecule has 0 atom stereocenters. The summed E-state index contributed by atoms with van der Waals surface area (Å²) in [5.74, 6) is 0. The lowest BCUT2D eigenvalue weighted by molar-refractivity contribution is -0.385. The second-order valence-electron chi connectivity index (χ2n) is 5.33. The summed E-state index contributed by atoms with van der Waals surface area (Å²) in [5.41, 5.74) is 1.62. The molecule has 8 nitrogen and oxygen atoms in total. The maximum Gasteiger partial charge on any atom is 0.276 e. The van der Waals surface area contributed by atoms with Gasteiger partial charge in [0.05, 0.1) is 26.7 Å². The summed E-state index contributed by atoms with van der Waals surface area (Å²) in [6, 6.07) is 14.1. The Kier molecular flexibility index (Phi) is 5.01. The third-order valence-electron chi connectivity index (χ3n) is 3.66. The SMILES string of the molecule is N#CC(=Cc1ccccc1[N+](=O)[O-])c1nc(-c2ccc([N+](=O)[O-])cc2)cs1. The molecule has 0 aliphatic heterocycles. The average molecular weight is 378 g/mol. The van der Waals surface area contributed by atoms with Crippen molar-refractivity contribution in [2.75, 3.05) is 0 Å². The minimum Gasteiger partial charge on any atom is -0.258 e. The van der Waals surface area contributed by atoms with Crippen LogP contribution in [0.5, 0.6) is 0 Å². The maximum atomic E-state index is 11.1. The third kappa shape index (κ3) is 3.86. The molecule has 27 heavy (non-hydrogen) atoms. The summed E-state index contributed by atoms with van der Waals surface area (Å²) >= 11 is 1.22. The van der Waals surface area contributed by atoms with Crippen LogP contribution < -0.4 is 0 Å². The Morgan fingerprint density at radius 1 is 1.07 bits per heavy atom. The van der Waals surface area contributed by atoms with Crippen molar-refractivity contribution >= 4 is 34.4 Å². The number of nitro groups is 2. The molecular weight excluding hydrogens is 368 g/mol. The number of para-hydroxylation sites is 1. The van der Waals surface area contributed by atoms with Gasteiger partial charge in [0.2, 0.25) is 0 Å². The largest absolute Gasteiger partial charge is 0.276 e. The molecule has 2 aromatic carbocycles. The highest BCUT2D eigenvalue weighted by atomic mass is 32.1. The van der Waals surface area contributed by atoms with Crippen molar-refractivity contribution < 1.29 is 9.85 Å². The molecule has 0 aliphatic rings. The topological polar surface area (TPSA) is 123 Å². The lowest BCUT2D eigenvalue weighted by Gasteiger charge is -1.98. The first-order valence-electron chi connectivity index (χ1n) is 7.55. The van der Waals surface area contributed by atoms with E-state index in [9.17, 15) is 25.5 Å². The smallest absolute Gasteiger partial charge is 0.258 e. The van der Waals surface area contributed by atoms with Gasteiger partial charge in [0, 0.05) is 29.1 Å². The highest BCUT2D eigenvalue weighted by Crippen LogP contribution is 2.29. The molecule has 3 aromatic rings. The monoisotopic (exact) mass is 378 g/mol. The van der Waals surface area contributed by atoms with Crippen LogP contribution in [0.15, 0.2) is 53.9 Å². The Morgan fingerprint density at radius 2 is 1.78 bits per heavy atom. The summed E-state index contributed by atoms with van der Waals surface area (Å²) in [4.78, 5) is 25.2. The normalized spacial score (nSPS) is 11.0. The van der Waals surface area contributed by atoms with Crippen molar-refractivity contribution in [3.8, 4) is 17.3 Å². The Morgan fingerprint density at radius 3 is 2.41 bits per heavy atom. The van der Waals surface area contributed by atoms with Crippen LogP contribution in [0.25, 0.3) is 22.9 Å². The van der Waals surface area contributed by atoms with Gasteiger partial charge >= 0.3 is 0 Å². The quantitative estimate of drug-likeness (QED) is 0.360. The van der Waals surface area contributed by atoms with E-state index in [0.717, 1.165) is 0 Å². The highest BCUT2D eigenvalue weighted by molar-refractivity contribution is 7.11. The van der Waals surface area contributed by atoms with Crippen molar-refractivity contribution in [3.63, 3.8) is 0 Å². The number of aromatic nitrogens is 1. The van der Waals surface area contributed by atoms with E-state index in [0.29, 0.717) is 21.8 Å². The van der Waals surface area contributed by atoms with Crippen molar-refractivity contribution in [1.82, 2.24) is 4.98 Å². The number of benzene rings is 2. The van der Waals surface area contributed by atoms with Crippen LogP contribution >= 0.6 is 11.3 Å². The number of nitrogens with zero attached hydrogens (tertiary/aromatic N) is 4. The van der Waals surface area contributed by atoms with Crippen LogP contribution in [0.4, 0.5) is 11.4 Å². The van der Waals surface area contributed by atoms with E-state index in [2.05, 4.69) is 4.98 Å². The van der Waals surface area contributed by atoms with E-state index in [1.54, 1.807) is 35.7 Å². The molecular formula is C18H10N4O4S. The Hall–Kier alpha value is -3.90. The number of nitriles is 1. The van der Waals surface area contributed by atoms with Crippen LogP contribution in [0.2, 0.25) is 0 Å². The molecule has 0 bridgehead atoms. The molecule has 0 unspecified atom stereocenters. The second kappa shape index (κ2) is 7.55. The summed E-state index contributed by atoms with van der Waals surface area (Å²) in [6.07, 6.45) is 1.43. The zero-order valence-electron chi connectivity index (χ0n) is 13.6. The fourth-order valence-corrected chi connectivity index (χ4v) is 3.15. The predicted octanol–water partition coefficient (Wildman–Crippen LogP) is 4.69. The zero-order valence-corrected chi connectivity index (χ0v) is 14.4. The second-order valence-corrected chi connectivity index (χ2v) is 6.19. The molecule has 9 heteroatoms. The van der Waals surface area contributed by atoms with Crippen LogP contribution in [-0.2, 0) is 0 Å². The van der Waals surface area contributed by atoms with Gasteiger partial charge in [-0.05, 0) is 24.3 Å². The van der Waals surface area contributed by atoms with Gasteiger partial charge in [-0.15, -0.1) is 11.3 Å². The van der Waals surface area contributed by atoms with E-state index in [1.807, 2.05) is 6.07 Å². The molecule has 1 aromatic heterocycles. The van der Waals surface area contributed by atoms with Crippen LogP contribution in [0.1, 0.15) is 10.6 Å². The van der Waals surface area contributed by atoms with Crippen molar-refractivity contribution in [1.29, 1.82) is 5.26 Å². The number of hydrogen-bond donors (Lipinski definition) is 0. The van der Waals surface area contributed by atoms with E-state index in [-0.39, 0.29) is 16.9 Å². The predicted molar refractivity (Wildman–Crippen MR) is 101 cm³/mol. The van der Waals surface area contributed by atoms with Gasteiger partial charge in [0.1, 0.15) is 11.1 Å². The number of hydrogen-bond acceptors (Lipinski definition) is 7. The minimum atomic E-state index is -0.509. The molecule has 0 amide bonds. The first-order chi connectivity index (χ1) is 13.0. The lowest BCUT2D eigenvalue weighted by atomic mass is 10.1. The zero-order chi connectivity index (χ0) is 19.4. The Bertz CT molecular complexity index is 1100. The summed E-state index contributed by atoms with van der Waals surface area (Å²) in [5, 5.41) is 33.4. The summed E-state index contributed by atoms with van der Waals surface area (Å²) < 4.78 is 0. The third-order valence-corrected chi connectivity index (χ3v) is 4.54. The Balaban J connectivity index is 1.96. The van der Waals surface area contributed by atoms with Gasteiger partial charge in [-0.1, -0.05) is 12.1 Å². The molecule has 0 radical (unpaired) electrons. The van der Waals surface area contributed by atoms with Crippen molar-refractivity contribution in [2.45, 2.75) is 0 Å². The first kappa shape index (κ1) is 17.9. The first-order valence-corrected chi connectivity index (χ1v) is 8.43. The summed E-state index contributed by atoms with van der Waals surface area (Å²) in [6.45, 7) is 0. The van der Waals surface area contributed by atoms with Gasteiger partial charge in [0.25, 0.3) is 11.4 Å². The molecule has 1 heterocycles. The molecule has 3 rings (SSSR count). The molecule has 0 saturated carbocycles. The van der Waals surface area contributed by atoms with Crippen LogP contribution in [0.3, 0.4) is 0 Å². The molecule has 132 valence electrons. The summed E-state index contributed by atoms with van der Waals surface area (Å²) in [7, 11) is 0. The molecule has 0 saturated heterocycles. The van der Waals surface area contributed by atoms with E-state index in [4.69, 9.17) is 0 Å². The van der Waals surface area contributed by atoms with E-state index >= 15 is 0 Å². The number of thiazole rings is 1. The van der Waals surface area contributed by atoms with Crippen molar-refractivity contribution in [3.05, 3.63) is 84.7 Å². The highest BCUT2D eigenvalue weighted by Gasteiger charge is 2.14. The number of allylic oxidation sites excluding steroid dienone is 1. The number of non-ortho nitro benzene ring substituents is 1. The molecule has 0 aliphatic carbocycles.